The highest BCUT2D eigenvalue weighted by Gasteiger charge is 2.07. The number of hydrogen-bond acceptors (Lipinski definition) is 3. The van der Waals surface area contributed by atoms with E-state index >= 15 is 0 Å². The van der Waals surface area contributed by atoms with Crippen molar-refractivity contribution < 1.29 is 9.47 Å². The molecular weight excluding hydrogens is 308 g/mol. The fourth-order valence-electron chi connectivity index (χ4n) is 1.96. The van der Waals surface area contributed by atoms with Crippen molar-refractivity contribution in [1.82, 2.24) is 9.97 Å². The third kappa shape index (κ3) is 3.50. The van der Waals surface area contributed by atoms with Crippen molar-refractivity contribution in [2.24, 2.45) is 0 Å². The predicted octanol–water partition coefficient (Wildman–Crippen LogP) is 3.28. The van der Waals surface area contributed by atoms with Crippen molar-refractivity contribution >= 4 is 15.9 Å². The van der Waals surface area contributed by atoms with Crippen molar-refractivity contribution in [3.63, 3.8) is 0 Å². The minimum atomic E-state index is 0.814. The Morgan fingerprint density at radius 1 is 1.11 bits per heavy atom. The molecule has 4 nitrogen and oxygen atoms in total. The molecule has 0 atom stereocenters. The monoisotopic (exact) mass is 324 g/mol. The molecule has 0 unspecified atom stereocenters. The van der Waals surface area contributed by atoms with E-state index in [1.807, 2.05) is 25.1 Å². The van der Waals surface area contributed by atoms with Crippen LogP contribution in [0.2, 0.25) is 0 Å². The molecule has 5 heteroatoms. The van der Waals surface area contributed by atoms with Gasteiger partial charge in [0.1, 0.15) is 21.9 Å². The van der Waals surface area contributed by atoms with Crippen molar-refractivity contribution in [3.05, 3.63) is 39.9 Å². The topological polar surface area (TPSA) is 47.1 Å². The average Bonchev–Trinajstić information content (AvgIpc) is 2.74. The van der Waals surface area contributed by atoms with Gasteiger partial charge >= 0.3 is 0 Å². The lowest BCUT2D eigenvalue weighted by molar-refractivity contribution is 0.393. The van der Waals surface area contributed by atoms with Crippen LogP contribution in [0.1, 0.15) is 17.1 Å². The smallest absolute Gasteiger partial charge is 0.127 e. The van der Waals surface area contributed by atoms with Crippen LogP contribution in [0.15, 0.2) is 22.8 Å². The van der Waals surface area contributed by atoms with Gasteiger partial charge in [0.2, 0.25) is 0 Å². The molecule has 0 spiro atoms. The summed E-state index contributed by atoms with van der Waals surface area (Å²) in [5, 5.41) is 0. The normalized spacial score (nSPS) is 10.5. The van der Waals surface area contributed by atoms with Crippen molar-refractivity contribution in [2.75, 3.05) is 14.2 Å². The van der Waals surface area contributed by atoms with E-state index in [9.17, 15) is 0 Å². The Morgan fingerprint density at radius 3 is 2.21 bits per heavy atom. The Bertz CT molecular complexity index is 544. The molecule has 0 aliphatic rings. The number of rotatable bonds is 5. The lowest BCUT2D eigenvalue weighted by Crippen LogP contribution is -1.95. The number of aryl methyl sites for hydroxylation is 3. The summed E-state index contributed by atoms with van der Waals surface area (Å²) < 4.78 is 11.4. The van der Waals surface area contributed by atoms with Gasteiger partial charge in [0.15, 0.2) is 0 Å². The van der Waals surface area contributed by atoms with E-state index in [2.05, 4.69) is 25.9 Å². The van der Waals surface area contributed by atoms with Crippen LogP contribution in [-0.2, 0) is 12.8 Å². The summed E-state index contributed by atoms with van der Waals surface area (Å²) in [6.45, 7) is 1.95. The first kappa shape index (κ1) is 13.9. The van der Waals surface area contributed by atoms with Crippen LogP contribution in [0.25, 0.3) is 0 Å². The summed E-state index contributed by atoms with van der Waals surface area (Å²) in [5.74, 6) is 2.55. The minimum absolute atomic E-state index is 0.814. The van der Waals surface area contributed by atoms with Crippen LogP contribution in [0, 0.1) is 6.92 Å². The second-order valence-electron chi connectivity index (χ2n) is 4.31. The predicted molar refractivity (Wildman–Crippen MR) is 78.0 cm³/mol. The maximum absolute atomic E-state index is 5.27. The zero-order valence-corrected chi connectivity index (χ0v) is 12.9. The van der Waals surface area contributed by atoms with Gasteiger partial charge in [-0.25, -0.2) is 4.98 Å². The van der Waals surface area contributed by atoms with E-state index in [0.717, 1.165) is 40.5 Å². The summed E-state index contributed by atoms with van der Waals surface area (Å²) >= 11 is 3.46. The van der Waals surface area contributed by atoms with Crippen LogP contribution in [0.5, 0.6) is 11.5 Å². The zero-order valence-electron chi connectivity index (χ0n) is 11.3. The van der Waals surface area contributed by atoms with Crippen molar-refractivity contribution in [1.29, 1.82) is 0 Å². The largest absolute Gasteiger partial charge is 0.497 e. The van der Waals surface area contributed by atoms with Gasteiger partial charge in [0, 0.05) is 11.8 Å². The number of methoxy groups -OCH3 is 2. The Balaban J connectivity index is 2.12. The van der Waals surface area contributed by atoms with Gasteiger partial charge in [-0.15, -0.1) is 0 Å². The second kappa shape index (κ2) is 6.10. The van der Waals surface area contributed by atoms with E-state index in [4.69, 9.17) is 9.47 Å². The van der Waals surface area contributed by atoms with Crippen LogP contribution < -0.4 is 9.47 Å². The molecule has 0 fully saturated rings. The lowest BCUT2D eigenvalue weighted by atomic mass is 10.1. The molecule has 0 bridgehead atoms. The number of H-pyrrole nitrogens is 1. The Kier molecular flexibility index (Phi) is 4.47. The van der Waals surface area contributed by atoms with Crippen LogP contribution in [0.4, 0.5) is 0 Å². The molecule has 1 N–H and O–H groups in total. The minimum Gasteiger partial charge on any atom is -0.497 e. The average molecular weight is 325 g/mol. The molecule has 2 rings (SSSR count). The molecular formula is C14H17BrN2O2. The number of ether oxygens (including phenoxy) is 2. The summed E-state index contributed by atoms with van der Waals surface area (Å²) in [6.07, 6.45) is 1.78. The van der Waals surface area contributed by atoms with E-state index in [1.54, 1.807) is 14.2 Å². The molecule has 0 aliphatic heterocycles. The van der Waals surface area contributed by atoms with Gasteiger partial charge < -0.3 is 14.5 Å². The highest BCUT2D eigenvalue weighted by Crippen LogP contribution is 2.24. The van der Waals surface area contributed by atoms with Gasteiger partial charge in [0.25, 0.3) is 0 Å². The maximum atomic E-state index is 5.27. The number of aromatic nitrogens is 2. The third-order valence-corrected chi connectivity index (χ3v) is 3.58. The van der Waals surface area contributed by atoms with E-state index in [-0.39, 0.29) is 0 Å². The molecule has 1 aromatic heterocycles. The number of benzene rings is 1. The molecule has 19 heavy (non-hydrogen) atoms. The van der Waals surface area contributed by atoms with Gasteiger partial charge in [-0.05, 0) is 53.4 Å². The van der Waals surface area contributed by atoms with Gasteiger partial charge in [-0.3, -0.25) is 0 Å². The van der Waals surface area contributed by atoms with Crippen LogP contribution >= 0.6 is 15.9 Å². The first-order valence-electron chi connectivity index (χ1n) is 6.05. The number of hydrogen-bond donors (Lipinski definition) is 1. The highest BCUT2D eigenvalue weighted by atomic mass is 79.9. The molecule has 1 heterocycles. The second-order valence-corrected chi connectivity index (χ2v) is 5.06. The van der Waals surface area contributed by atoms with E-state index < -0.39 is 0 Å². The quantitative estimate of drug-likeness (QED) is 0.918. The Hall–Kier alpha value is -1.49. The fraction of sp³-hybridized carbons (Fsp3) is 0.357. The first-order valence-corrected chi connectivity index (χ1v) is 6.84. The van der Waals surface area contributed by atoms with Crippen LogP contribution in [-0.4, -0.2) is 24.2 Å². The van der Waals surface area contributed by atoms with Gasteiger partial charge in [0.05, 0.1) is 14.2 Å². The van der Waals surface area contributed by atoms with E-state index in [1.165, 1.54) is 5.56 Å². The summed E-state index contributed by atoms with van der Waals surface area (Å²) in [5.41, 5.74) is 2.29. The first-order chi connectivity index (χ1) is 9.12. The van der Waals surface area contributed by atoms with Gasteiger partial charge in [-0.2, -0.15) is 0 Å². The highest BCUT2D eigenvalue weighted by molar-refractivity contribution is 9.10. The number of nitrogens with one attached hydrogen (secondary N) is 1. The Morgan fingerprint density at radius 2 is 1.74 bits per heavy atom. The molecule has 2 aromatic rings. The SMILES string of the molecule is COc1cc(CCc2[nH]c(C)nc2Br)cc(OC)c1. The molecule has 0 aliphatic carbocycles. The standard InChI is InChI=1S/C14H17BrN2O2/c1-9-16-13(14(15)17-9)5-4-10-6-11(18-2)8-12(7-10)19-3/h6-8H,4-5H2,1-3H3,(H,16,17). The van der Waals surface area contributed by atoms with E-state index in [0.29, 0.717) is 0 Å². The van der Waals surface area contributed by atoms with Crippen molar-refractivity contribution in [2.45, 2.75) is 19.8 Å². The number of aromatic amines is 1. The number of nitrogens with zero attached hydrogens (tertiary/aromatic N) is 1. The fourth-order valence-corrected chi connectivity index (χ4v) is 2.52. The molecule has 0 saturated heterocycles. The zero-order chi connectivity index (χ0) is 13.8. The summed E-state index contributed by atoms with van der Waals surface area (Å²) in [6, 6.07) is 5.93. The van der Waals surface area contributed by atoms with Gasteiger partial charge in [-0.1, -0.05) is 0 Å². The molecule has 0 saturated carbocycles. The third-order valence-electron chi connectivity index (χ3n) is 2.92. The molecule has 102 valence electrons. The van der Waals surface area contributed by atoms with Crippen molar-refractivity contribution in [3.8, 4) is 11.5 Å². The lowest BCUT2D eigenvalue weighted by Gasteiger charge is -2.08. The van der Waals surface area contributed by atoms with Crippen LogP contribution in [0.3, 0.4) is 0 Å². The molecule has 0 amide bonds. The maximum Gasteiger partial charge on any atom is 0.127 e. The number of halogens is 1. The molecule has 0 radical (unpaired) electrons. The Labute approximate surface area is 121 Å². The summed E-state index contributed by atoms with van der Waals surface area (Å²) in [4.78, 5) is 7.55. The summed E-state index contributed by atoms with van der Waals surface area (Å²) in [7, 11) is 3.32. The molecule has 1 aromatic carbocycles. The number of imidazole rings is 1.